The molecule has 0 saturated carbocycles. The monoisotopic (exact) mass is 2100 g/mol. The van der Waals surface area contributed by atoms with Gasteiger partial charge in [-0.15, -0.1) is 0 Å². The highest BCUT2D eigenvalue weighted by Gasteiger charge is 2.41. The Hall–Kier alpha value is -16.0. The second-order valence-corrected chi connectivity index (χ2v) is 34.8. The lowest BCUT2D eigenvalue weighted by atomic mass is 9.97. The fourth-order valence-corrected chi connectivity index (χ4v) is 13.9. The van der Waals surface area contributed by atoms with Crippen molar-refractivity contribution >= 4 is 153 Å². The Morgan fingerprint density at radius 1 is 0.336 bits per heavy atom. The lowest BCUT2D eigenvalue weighted by molar-refractivity contribution is -0.143. The second kappa shape index (κ2) is 64.1. The minimum absolute atomic E-state index is 0.0380. The molecule has 149 heavy (non-hydrogen) atoms. The Morgan fingerprint density at radius 3 is 1.12 bits per heavy atom. The van der Waals surface area contributed by atoms with E-state index in [-0.39, 0.29) is 44.6 Å². The zero-order chi connectivity index (χ0) is 112. The van der Waals surface area contributed by atoms with Crippen LogP contribution in [0.4, 0.5) is 0 Å². The molecule has 18 atom stereocenters. The first-order chi connectivity index (χ1) is 70.5. The van der Waals surface area contributed by atoms with Crippen molar-refractivity contribution in [3.8, 4) is 0 Å². The molecule has 0 aliphatic heterocycles. The smallest absolute Gasteiger partial charge is 0.328 e. The number of hydrogen-bond donors (Lipinski definition) is 35. The molecular weight excluding hydrogens is 1970 g/mol. The lowest BCUT2D eigenvalue weighted by Gasteiger charge is -2.28. The Kier molecular flexibility index (Phi) is 53.9. The number of hydrogen-bond acceptors (Lipinski definition) is 32. The molecule has 0 spiro atoms. The van der Waals surface area contributed by atoms with Crippen molar-refractivity contribution < 1.29 is 161 Å². The molecule has 20 amide bonds. The molecule has 0 radical (unpaired) electrons. The highest BCUT2D eigenvalue weighted by Crippen LogP contribution is 2.21. The number of benzene rings is 3. The van der Waals surface area contributed by atoms with Crippen molar-refractivity contribution in [3.63, 3.8) is 0 Å². The summed E-state index contributed by atoms with van der Waals surface area (Å²) in [5.41, 5.74) is 18.2. The molecule has 0 aliphatic rings. The molecule has 0 unspecified atom stereocenters. The number of fused-ring (bicyclic) bond motifs is 1. The number of primary amides is 1. The number of aromatic nitrogens is 1. The summed E-state index contributed by atoms with van der Waals surface area (Å²) in [5.74, 6) is -31.2. The van der Waals surface area contributed by atoms with Gasteiger partial charge in [-0.2, -0.15) is 0 Å². The van der Waals surface area contributed by atoms with E-state index in [9.17, 15) is 161 Å². The van der Waals surface area contributed by atoms with Gasteiger partial charge in [0.1, 0.15) is 96.7 Å². The zero-order valence-electron chi connectivity index (χ0n) is 82.2. The summed E-state index contributed by atoms with van der Waals surface area (Å²) in [6.07, 6.45) is -3.80. The summed E-state index contributed by atoms with van der Waals surface area (Å²) < 4.78 is 0. The maximum absolute atomic E-state index is 14.6. The van der Waals surface area contributed by atoms with Crippen LogP contribution in [0.1, 0.15) is 103 Å². The first-order valence-corrected chi connectivity index (χ1v) is 46.8. The third-order valence-corrected chi connectivity index (χ3v) is 22.6. The maximum Gasteiger partial charge on any atom is 0.328 e. The molecule has 58 heteroatoms. The Morgan fingerprint density at radius 2 is 0.685 bits per heavy atom. The minimum atomic E-state index is -2.26. The van der Waals surface area contributed by atoms with Gasteiger partial charge >= 0.3 is 17.9 Å². The average molecular weight is 2110 g/mol. The van der Waals surface area contributed by atoms with Crippen LogP contribution in [0.15, 0.2) is 91.1 Å². The number of carboxylic acids is 3. The summed E-state index contributed by atoms with van der Waals surface area (Å²) >= 11 is 0. The van der Waals surface area contributed by atoms with E-state index < -0.39 is 355 Å². The van der Waals surface area contributed by atoms with Crippen LogP contribution in [0.5, 0.6) is 0 Å². The van der Waals surface area contributed by atoms with Crippen LogP contribution < -0.4 is 124 Å². The quantitative estimate of drug-likeness (QED) is 0.0111. The number of aliphatic hydroxyl groups excluding tert-OH is 7. The van der Waals surface area contributed by atoms with Crippen LogP contribution in [0.25, 0.3) is 10.9 Å². The van der Waals surface area contributed by atoms with Gasteiger partial charge < -0.3 is 180 Å². The summed E-state index contributed by atoms with van der Waals surface area (Å²) in [6.45, 7) is -1.54. The number of amides is 20. The van der Waals surface area contributed by atoms with E-state index in [4.69, 9.17) is 22.6 Å². The number of carboxylic acid groups (broad SMARTS) is 3. The molecule has 58 nitrogen and oxygen atoms in total. The largest absolute Gasteiger partial charge is 0.481 e. The standard InChI is InChI=1S/C91H133N25O33/c1-7-45(6)73(88(146)100-35-68(127)102-59(37-118)82(140)106-55(29-48-32-97-50-22-15-14-21-49(48)50)79(137)103-52(24-25-69(128)129)76(134)108-57(31-70(130)131)81(139)112-61(39-120)84(142)107-56(30-65(92)124)80(138)114-64(42-123)90(148)149)116-86(144)63(41-122)113-77(135)53(27-46-17-10-8-11-18-46)101-67(126)34-98-66(125)33-99-74(132)58(36-117)109-85(143)62(40-121)111-78(136)54(28-47-19-12-9-13-20-47)105-83(141)60(38-119)110-75(133)51(23-16-26-96-91(94)95)104-89(147)72(44(4)5)115-87(145)71(93)43(2)3/h8-15,17-22,32,43-45,51-64,71-73,97,117-123H,7,16,23-31,33-42,93H2,1-6H3,(H2,92,124)(H,98,125)(H,99,132)(H,100,146)(H,101,126)(H,102,127)(H,103,137)(H,104,147)(H,105,141)(H,106,140)(H,107,142)(H,108,134)(H,109,143)(H,110,133)(H,111,136)(H,112,139)(H,113,135)(H,114,138)(H,115,145)(H,116,144)(H,128,129)(H,130,131)(H,148,149)(H4,94,95,96)/t45-,51-,52-,53-,54-,55-,56-,57-,58-,59-,60-,61-,62-,63-,64-,71-,72-,73-/m0/s1. The highest BCUT2D eigenvalue weighted by molar-refractivity contribution is 6.03. The molecule has 0 bridgehead atoms. The van der Waals surface area contributed by atoms with Crippen molar-refractivity contribution in [3.05, 3.63) is 108 Å². The SMILES string of the molecule is CC[C@H](C)[C@H](NC(=O)[C@H](CO)NC(=O)[C@H](Cc1ccccc1)NC(=O)CNC(=O)CNC(=O)[C@H](CO)NC(=O)[C@H](CO)NC(=O)[C@H](Cc1ccccc1)NC(=O)[C@H](CO)NC(=O)[C@H](CCCNC(=N)N)NC(=O)[C@@H](NC(=O)[C@@H](N)C(C)C)C(C)C)C(=O)NCC(=O)N[C@@H](CO)C(=O)N[C@@H](Cc1c[nH]c2ccccc12)C(=O)N[C@@H](CCC(=O)O)C(=O)N[C@@H](CC(=O)O)C(=O)N[C@@H](CO)C(=O)N[C@@H](CC(N)=O)C(=O)N[C@@H](CO)C(=O)O. The first-order valence-electron chi connectivity index (χ1n) is 46.8. The van der Waals surface area contributed by atoms with Gasteiger partial charge in [-0.05, 0) is 59.8 Å². The maximum atomic E-state index is 14.6. The van der Waals surface area contributed by atoms with Crippen LogP contribution in [0.3, 0.4) is 0 Å². The van der Waals surface area contributed by atoms with E-state index in [1.807, 2.05) is 21.3 Å². The zero-order valence-corrected chi connectivity index (χ0v) is 82.2. The molecule has 0 aliphatic carbocycles. The van der Waals surface area contributed by atoms with Crippen LogP contribution in [0, 0.1) is 23.2 Å². The van der Waals surface area contributed by atoms with Gasteiger partial charge in [0.2, 0.25) is 118 Å². The summed E-state index contributed by atoms with van der Waals surface area (Å²) in [7, 11) is 0. The molecular formula is C91H133N25O33. The number of para-hydroxylation sites is 1. The number of H-pyrrole nitrogens is 1. The predicted molar refractivity (Wildman–Crippen MR) is 519 cm³/mol. The highest BCUT2D eigenvalue weighted by atomic mass is 16.4. The third kappa shape index (κ3) is 43.3. The number of carbonyl (C=O) groups is 23. The normalized spacial score (nSPS) is 14.7. The molecule has 1 aromatic heterocycles. The fraction of sp³-hybridized carbons (Fsp3) is 0.516. The van der Waals surface area contributed by atoms with Crippen molar-refractivity contribution in [1.82, 2.24) is 111 Å². The van der Waals surface area contributed by atoms with Gasteiger partial charge in [-0.1, -0.05) is 127 Å². The van der Waals surface area contributed by atoms with Gasteiger partial charge in [-0.25, -0.2) is 4.79 Å². The first kappa shape index (κ1) is 125. The number of nitrogens with one attached hydrogen (secondary N) is 22. The molecule has 4 aromatic rings. The van der Waals surface area contributed by atoms with E-state index in [0.717, 1.165) is 0 Å². The summed E-state index contributed by atoms with van der Waals surface area (Å²) in [5, 5.41) is 153. The minimum Gasteiger partial charge on any atom is -0.481 e. The number of nitrogens with two attached hydrogens (primary N) is 3. The van der Waals surface area contributed by atoms with E-state index in [0.29, 0.717) is 27.6 Å². The van der Waals surface area contributed by atoms with Gasteiger partial charge in [0.25, 0.3) is 0 Å². The summed E-state index contributed by atoms with van der Waals surface area (Å²) in [6, 6.07) is -8.29. The van der Waals surface area contributed by atoms with Crippen LogP contribution in [-0.4, -0.2) is 373 Å². The molecule has 820 valence electrons. The van der Waals surface area contributed by atoms with Gasteiger partial charge in [-0.3, -0.25) is 111 Å². The molecule has 4 rings (SSSR count). The van der Waals surface area contributed by atoms with Crippen molar-refractivity contribution in [1.29, 1.82) is 5.41 Å². The van der Waals surface area contributed by atoms with Gasteiger partial charge in [0.15, 0.2) is 5.96 Å². The average Bonchev–Trinajstić information content (AvgIpc) is 1.68. The lowest BCUT2D eigenvalue weighted by Crippen LogP contribution is -2.61. The fourth-order valence-electron chi connectivity index (χ4n) is 13.9. The molecule has 0 fully saturated rings. The van der Waals surface area contributed by atoms with Gasteiger partial charge in [0, 0.05) is 49.3 Å². The molecule has 3 aromatic carbocycles. The Balaban J connectivity index is 1.44. The van der Waals surface area contributed by atoms with Gasteiger partial charge in [0.05, 0.1) is 84.8 Å². The molecule has 1 heterocycles. The number of carbonyl (C=O) groups excluding carboxylic acids is 20. The number of aliphatic hydroxyl groups is 7. The van der Waals surface area contributed by atoms with Crippen molar-refractivity contribution in [2.75, 3.05) is 72.4 Å². The van der Waals surface area contributed by atoms with Crippen molar-refractivity contribution in [2.24, 2.45) is 35.0 Å². The van der Waals surface area contributed by atoms with Crippen LogP contribution >= 0.6 is 0 Å². The number of rotatable bonds is 67. The van der Waals surface area contributed by atoms with Crippen molar-refractivity contribution in [2.45, 2.75) is 208 Å². The Bertz CT molecular complexity index is 5310. The van der Waals surface area contributed by atoms with Crippen LogP contribution in [0.2, 0.25) is 0 Å². The Labute approximate surface area is 851 Å². The third-order valence-electron chi connectivity index (χ3n) is 22.6. The number of aliphatic carboxylic acids is 3. The molecule has 38 N–H and O–H groups in total. The van der Waals surface area contributed by atoms with E-state index in [1.54, 1.807) is 120 Å². The van der Waals surface area contributed by atoms with Crippen LogP contribution in [-0.2, 0) is 130 Å². The number of guanidine groups is 1. The second-order valence-electron chi connectivity index (χ2n) is 34.8. The summed E-state index contributed by atoms with van der Waals surface area (Å²) in [4.78, 5) is 312. The predicted octanol–water partition coefficient (Wildman–Crippen LogP) is -14.5. The van der Waals surface area contributed by atoms with E-state index in [1.165, 1.54) is 13.1 Å². The number of aromatic amines is 1. The topological polar surface area (TPSA) is 953 Å². The van der Waals surface area contributed by atoms with E-state index >= 15 is 0 Å². The molecule has 0 saturated heterocycles. The van der Waals surface area contributed by atoms with E-state index in [2.05, 4.69) is 90.1 Å².